The van der Waals surface area contributed by atoms with Gasteiger partial charge in [0.05, 0.1) is 11.3 Å². The van der Waals surface area contributed by atoms with E-state index in [1.807, 2.05) is 0 Å². The van der Waals surface area contributed by atoms with E-state index in [9.17, 15) is 9.59 Å². The highest BCUT2D eigenvalue weighted by atomic mass is 16.2. The molecule has 0 saturated carbocycles. The number of nitrogens with two attached hydrogens (primary N) is 1. The standard InChI is InChI=1S/C20H24N2O2/c1-20(2,3)15-11-8-14(9-12-15)10-13-18(23)22-17-7-5-4-6-16(17)19(21)24/h4-9,11-12H,10,13H2,1-3H3,(H2,21,24)(H,22,23). The van der Waals surface area contributed by atoms with Crippen LogP contribution in [0.15, 0.2) is 48.5 Å². The fraction of sp³-hybridized carbons (Fsp3) is 0.300. The summed E-state index contributed by atoms with van der Waals surface area (Å²) in [5.74, 6) is -0.688. The summed E-state index contributed by atoms with van der Waals surface area (Å²) >= 11 is 0. The van der Waals surface area contributed by atoms with Crippen LogP contribution in [0, 0.1) is 0 Å². The summed E-state index contributed by atoms with van der Waals surface area (Å²) in [4.78, 5) is 23.5. The second kappa shape index (κ2) is 7.30. The van der Waals surface area contributed by atoms with Crippen LogP contribution in [0.5, 0.6) is 0 Å². The van der Waals surface area contributed by atoms with Gasteiger partial charge in [-0.05, 0) is 35.1 Å². The zero-order chi connectivity index (χ0) is 17.7. The molecule has 3 N–H and O–H groups in total. The molecule has 0 fully saturated rings. The molecule has 4 nitrogen and oxygen atoms in total. The van der Waals surface area contributed by atoms with Crippen molar-refractivity contribution in [2.45, 2.75) is 39.0 Å². The molecule has 0 bridgehead atoms. The molecule has 0 aliphatic heterocycles. The fourth-order valence-corrected chi connectivity index (χ4v) is 2.45. The van der Waals surface area contributed by atoms with Gasteiger partial charge in [0, 0.05) is 6.42 Å². The number of hydrogen-bond acceptors (Lipinski definition) is 2. The van der Waals surface area contributed by atoms with E-state index >= 15 is 0 Å². The van der Waals surface area contributed by atoms with E-state index in [0.29, 0.717) is 24.1 Å². The third-order valence-electron chi connectivity index (χ3n) is 3.93. The minimum atomic E-state index is -0.552. The van der Waals surface area contributed by atoms with Crippen molar-refractivity contribution in [1.82, 2.24) is 0 Å². The van der Waals surface area contributed by atoms with Gasteiger partial charge in [-0.1, -0.05) is 57.2 Å². The number of carbonyl (C=O) groups excluding carboxylic acids is 2. The zero-order valence-electron chi connectivity index (χ0n) is 14.4. The molecule has 2 amide bonds. The fourth-order valence-electron chi connectivity index (χ4n) is 2.45. The van der Waals surface area contributed by atoms with Crippen molar-refractivity contribution in [3.63, 3.8) is 0 Å². The van der Waals surface area contributed by atoms with Crippen LogP contribution >= 0.6 is 0 Å². The van der Waals surface area contributed by atoms with Crippen LogP contribution in [-0.4, -0.2) is 11.8 Å². The first-order valence-electron chi connectivity index (χ1n) is 8.05. The number of carbonyl (C=O) groups is 2. The molecule has 0 spiro atoms. The van der Waals surface area contributed by atoms with Crippen LogP contribution in [0.4, 0.5) is 5.69 Å². The molecule has 2 aromatic rings. The number of benzene rings is 2. The molecule has 0 aliphatic carbocycles. The van der Waals surface area contributed by atoms with E-state index < -0.39 is 5.91 Å². The lowest BCUT2D eigenvalue weighted by Crippen LogP contribution is -2.18. The lowest BCUT2D eigenvalue weighted by molar-refractivity contribution is -0.116. The Kier molecular flexibility index (Phi) is 5.39. The predicted octanol–water partition coefficient (Wildman–Crippen LogP) is 3.65. The molecular weight excluding hydrogens is 300 g/mol. The number of para-hydroxylation sites is 1. The minimum Gasteiger partial charge on any atom is -0.366 e. The number of anilines is 1. The second-order valence-corrected chi connectivity index (χ2v) is 6.90. The maximum atomic E-state index is 12.1. The van der Waals surface area contributed by atoms with Crippen LogP contribution in [0.3, 0.4) is 0 Å². The molecule has 2 rings (SSSR count). The average molecular weight is 324 g/mol. The third kappa shape index (κ3) is 4.69. The van der Waals surface area contributed by atoms with Crippen molar-refractivity contribution in [2.75, 3.05) is 5.32 Å². The number of rotatable bonds is 5. The Balaban J connectivity index is 1.96. The smallest absolute Gasteiger partial charge is 0.250 e. The highest BCUT2D eigenvalue weighted by molar-refractivity contribution is 6.02. The number of hydrogen-bond donors (Lipinski definition) is 2. The Morgan fingerprint density at radius 2 is 1.62 bits per heavy atom. The predicted molar refractivity (Wildman–Crippen MR) is 97.1 cm³/mol. The van der Waals surface area contributed by atoms with E-state index in [1.54, 1.807) is 24.3 Å². The SMILES string of the molecule is CC(C)(C)c1ccc(CCC(=O)Nc2ccccc2C(N)=O)cc1. The van der Waals surface area contributed by atoms with Gasteiger partial charge in [0.2, 0.25) is 5.91 Å². The lowest BCUT2D eigenvalue weighted by atomic mass is 9.86. The molecule has 0 aliphatic rings. The molecule has 24 heavy (non-hydrogen) atoms. The first-order valence-corrected chi connectivity index (χ1v) is 8.05. The minimum absolute atomic E-state index is 0.119. The maximum Gasteiger partial charge on any atom is 0.250 e. The molecule has 0 atom stereocenters. The van der Waals surface area contributed by atoms with Gasteiger partial charge in [0.15, 0.2) is 0 Å². The maximum absolute atomic E-state index is 12.1. The first-order chi connectivity index (χ1) is 11.3. The van der Waals surface area contributed by atoms with Crippen molar-refractivity contribution in [2.24, 2.45) is 5.73 Å². The van der Waals surface area contributed by atoms with E-state index in [-0.39, 0.29) is 11.3 Å². The molecular formula is C20H24N2O2. The monoisotopic (exact) mass is 324 g/mol. The first kappa shape index (κ1) is 17.7. The van der Waals surface area contributed by atoms with Gasteiger partial charge in [0.1, 0.15) is 0 Å². The average Bonchev–Trinajstić information content (AvgIpc) is 2.53. The van der Waals surface area contributed by atoms with Gasteiger partial charge in [-0.25, -0.2) is 0 Å². The molecule has 0 aromatic heterocycles. The molecule has 0 heterocycles. The van der Waals surface area contributed by atoms with Crippen molar-refractivity contribution >= 4 is 17.5 Å². The van der Waals surface area contributed by atoms with Crippen molar-refractivity contribution in [1.29, 1.82) is 0 Å². The molecule has 2 aromatic carbocycles. The highest BCUT2D eigenvalue weighted by Crippen LogP contribution is 2.22. The highest BCUT2D eigenvalue weighted by Gasteiger charge is 2.13. The summed E-state index contributed by atoms with van der Waals surface area (Å²) in [6.07, 6.45) is 0.997. The number of amides is 2. The normalized spacial score (nSPS) is 11.1. The lowest BCUT2D eigenvalue weighted by Gasteiger charge is -2.19. The summed E-state index contributed by atoms with van der Waals surface area (Å²) in [5, 5.41) is 2.76. The second-order valence-electron chi connectivity index (χ2n) is 6.90. The van der Waals surface area contributed by atoms with Gasteiger partial charge in [0.25, 0.3) is 5.91 Å². The molecule has 0 saturated heterocycles. The summed E-state index contributed by atoms with van der Waals surface area (Å²) < 4.78 is 0. The van der Waals surface area contributed by atoms with Crippen molar-refractivity contribution < 1.29 is 9.59 Å². The molecule has 126 valence electrons. The topological polar surface area (TPSA) is 72.2 Å². The van der Waals surface area contributed by atoms with Crippen LogP contribution in [0.25, 0.3) is 0 Å². The van der Waals surface area contributed by atoms with Crippen LogP contribution in [0.2, 0.25) is 0 Å². The van der Waals surface area contributed by atoms with Gasteiger partial charge >= 0.3 is 0 Å². The number of nitrogens with one attached hydrogen (secondary N) is 1. The zero-order valence-corrected chi connectivity index (χ0v) is 14.4. The Morgan fingerprint density at radius 1 is 1.00 bits per heavy atom. The largest absolute Gasteiger partial charge is 0.366 e. The Morgan fingerprint density at radius 3 is 2.21 bits per heavy atom. The van der Waals surface area contributed by atoms with Crippen molar-refractivity contribution in [3.05, 3.63) is 65.2 Å². The molecule has 4 heteroatoms. The van der Waals surface area contributed by atoms with Crippen LogP contribution in [-0.2, 0) is 16.6 Å². The van der Waals surface area contributed by atoms with E-state index in [4.69, 9.17) is 5.73 Å². The molecule has 0 radical (unpaired) electrons. The van der Waals surface area contributed by atoms with Gasteiger partial charge in [-0.15, -0.1) is 0 Å². The van der Waals surface area contributed by atoms with Crippen LogP contribution < -0.4 is 11.1 Å². The number of primary amides is 1. The van der Waals surface area contributed by atoms with E-state index in [1.165, 1.54) is 5.56 Å². The van der Waals surface area contributed by atoms with Gasteiger partial charge < -0.3 is 11.1 Å². The number of aryl methyl sites for hydroxylation is 1. The molecule has 0 unspecified atom stereocenters. The summed E-state index contributed by atoms with van der Waals surface area (Å²) in [7, 11) is 0. The Labute approximate surface area is 143 Å². The summed E-state index contributed by atoms with van der Waals surface area (Å²) in [6.45, 7) is 6.52. The summed E-state index contributed by atoms with van der Waals surface area (Å²) in [6, 6.07) is 15.1. The van der Waals surface area contributed by atoms with E-state index in [2.05, 4.69) is 50.4 Å². The quantitative estimate of drug-likeness (QED) is 0.881. The van der Waals surface area contributed by atoms with Crippen LogP contribution in [0.1, 0.15) is 48.7 Å². The Hall–Kier alpha value is -2.62. The van der Waals surface area contributed by atoms with Crippen molar-refractivity contribution in [3.8, 4) is 0 Å². The van der Waals surface area contributed by atoms with Gasteiger partial charge in [-0.3, -0.25) is 9.59 Å². The van der Waals surface area contributed by atoms with Gasteiger partial charge in [-0.2, -0.15) is 0 Å². The summed E-state index contributed by atoms with van der Waals surface area (Å²) in [5.41, 5.74) is 8.59. The third-order valence-corrected chi connectivity index (χ3v) is 3.93. The Bertz CT molecular complexity index is 728. The van der Waals surface area contributed by atoms with E-state index in [0.717, 1.165) is 5.56 Å².